The maximum absolute atomic E-state index is 12.0. The average molecular weight is 362 g/mol. The zero-order valence-electron chi connectivity index (χ0n) is 14.3. The average Bonchev–Trinajstić information content (AvgIpc) is 3.06. The highest BCUT2D eigenvalue weighted by Crippen LogP contribution is 2.18. The summed E-state index contributed by atoms with van der Waals surface area (Å²) in [5.74, 6) is 0.736. The molecule has 0 spiro atoms. The molecule has 1 aromatic heterocycles. The molecule has 2 aromatic rings. The van der Waals surface area contributed by atoms with Gasteiger partial charge in [0.2, 0.25) is 5.91 Å². The maximum atomic E-state index is 12.0. The van der Waals surface area contributed by atoms with Gasteiger partial charge in [0.1, 0.15) is 5.75 Å². The van der Waals surface area contributed by atoms with Crippen LogP contribution in [0.15, 0.2) is 29.6 Å². The Hall–Kier alpha value is -2.61. The molecule has 3 amide bonds. The molecule has 3 N–H and O–H groups in total. The van der Waals surface area contributed by atoms with Crippen molar-refractivity contribution in [3.05, 3.63) is 35.3 Å². The highest BCUT2D eigenvalue weighted by molar-refractivity contribution is 7.13. The van der Waals surface area contributed by atoms with E-state index < -0.39 is 0 Å². The van der Waals surface area contributed by atoms with Crippen LogP contribution in [0.5, 0.6) is 5.75 Å². The molecule has 25 heavy (non-hydrogen) atoms. The lowest BCUT2D eigenvalue weighted by atomic mass is 10.2. The quantitative estimate of drug-likeness (QED) is 0.672. The van der Waals surface area contributed by atoms with E-state index in [0.717, 1.165) is 17.9 Å². The second kappa shape index (κ2) is 9.63. The van der Waals surface area contributed by atoms with Gasteiger partial charge >= 0.3 is 6.03 Å². The van der Waals surface area contributed by atoms with E-state index in [9.17, 15) is 9.59 Å². The molecule has 0 aliphatic rings. The Labute approximate surface area is 150 Å². The van der Waals surface area contributed by atoms with Crippen LogP contribution in [0.3, 0.4) is 0 Å². The van der Waals surface area contributed by atoms with E-state index in [-0.39, 0.29) is 11.9 Å². The number of carbonyl (C=O) groups excluding carboxylic acids is 2. The molecule has 0 aliphatic carbocycles. The van der Waals surface area contributed by atoms with Crippen LogP contribution >= 0.6 is 11.3 Å². The topological polar surface area (TPSA) is 92.4 Å². The Kier molecular flexibility index (Phi) is 7.21. The first kappa shape index (κ1) is 18.7. The molecule has 0 aliphatic heterocycles. The van der Waals surface area contributed by atoms with Gasteiger partial charge in [-0.1, -0.05) is 6.92 Å². The van der Waals surface area contributed by atoms with Crippen LogP contribution in [0.25, 0.3) is 0 Å². The first-order valence-electron chi connectivity index (χ1n) is 8.04. The summed E-state index contributed by atoms with van der Waals surface area (Å²) in [7, 11) is 1.59. The monoisotopic (exact) mass is 362 g/mol. The standard InChI is InChI=1S/C17H22N4O3S/c1-3-10-18-15(22)9-6-13-11-25-17(20-13)21-16(23)19-12-4-7-14(24-2)8-5-12/h4-5,7-8,11H,3,6,9-10H2,1-2H3,(H,18,22)(H2,19,20,21,23). The predicted octanol–water partition coefficient (Wildman–Crippen LogP) is 3.25. The van der Waals surface area contributed by atoms with E-state index in [0.29, 0.717) is 30.2 Å². The molecular weight excluding hydrogens is 340 g/mol. The number of hydrogen-bond acceptors (Lipinski definition) is 5. The number of urea groups is 1. The lowest BCUT2D eigenvalue weighted by Crippen LogP contribution is -2.24. The highest BCUT2D eigenvalue weighted by Gasteiger charge is 2.08. The summed E-state index contributed by atoms with van der Waals surface area (Å²) in [6.45, 7) is 2.70. The third-order valence-electron chi connectivity index (χ3n) is 3.30. The van der Waals surface area contributed by atoms with Crippen molar-refractivity contribution in [2.45, 2.75) is 26.2 Å². The van der Waals surface area contributed by atoms with Crippen molar-refractivity contribution < 1.29 is 14.3 Å². The predicted molar refractivity (Wildman–Crippen MR) is 99.4 cm³/mol. The summed E-state index contributed by atoms with van der Waals surface area (Å²) >= 11 is 1.33. The van der Waals surface area contributed by atoms with Gasteiger partial charge in [-0.3, -0.25) is 10.1 Å². The van der Waals surface area contributed by atoms with Gasteiger partial charge in [0, 0.05) is 24.0 Å². The van der Waals surface area contributed by atoms with Gasteiger partial charge in [-0.05, 0) is 37.1 Å². The number of benzene rings is 1. The van der Waals surface area contributed by atoms with E-state index in [2.05, 4.69) is 20.9 Å². The van der Waals surface area contributed by atoms with Crippen LogP contribution in [-0.4, -0.2) is 30.6 Å². The van der Waals surface area contributed by atoms with Gasteiger partial charge < -0.3 is 15.4 Å². The minimum atomic E-state index is -0.369. The number of amides is 3. The van der Waals surface area contributed by atoms with E-state index in [1.807, 2.05) is 12.3 Å². The number of carbonyl (C=O) groups is 2. The van der Waals surface area contributed by atoms with Crippen molar-refractivity contribution >= 4 is 34.1 Å². The third kappa shape index (κ3) is 6.42. The maximum Gasteiger partial charge on any atom is 0.325 e. The lowest BCUT2D eigenvalue weighted by Gasteiger charge is -2.06. The molecule has 0 saturated heterocycles. The zero-order chi connectivity index (χ0) is 18.1. The van der Waals surface area contributed by atoms with Gasteiger partial charge in [0.25, 0.3) is 0 Å². The highest BCUT2D eigenvalue weighted by atomic mass is 32.1. The summed E-state index contributed by atoms with van der Waals surface area (Å²) in [5, 5.41) is 10.6. The van der Waals surface area contributed by atoms with Gasteiger partial charge in [0.15, 0.2) is 5.13 Å². The Morgan fingerprint density at radius 1 is 1.20 bits per heavy atom. The molecule has 7 nitrogen and oxygen atoms in total. The summed E-state index contributed by atoms with van der Waals surface area (Å²) in [4.78, 5) is 27.9. The fourth-order valence-corrected chi connectivity index (χ4v) is 2.75. The number of aryl methyl sites for hydroxylation is 1. The Morgan fingerprint density at radius 3 is 2.64 bits per heavy atom. The zero-order valence-corrected chi connectivity index (χ0v) is 15.1. The minimum Gasteiger partial charge on any atom is -0.497 e. The van der Waals surface area contributed by atoms with Gasteiger partial charge in [-0.25, -0.2) is 9.78 Å². The molecule has 2 rings (SSSR count). The second-order valence-electron chi connectivity index (χ2n) is 5.30. The van der Waals surface area contributed by atoms with Crippen molar-refractivity contribution in [1.82, 2.24) is 10.3 Å². The second-order valence-corrected chi connectivity index (χ2v) is 6.16. The SMILES string of the molecule is CCCNC(=O)CCc1csc(NC(=O)Nc2ccc(OC)cc2)n1. The smallest absolute Gasteiger partial charge is 0.325 e. The number of aromatic nitrogens is 1. The van der Waals surface area contributed by atoms with Crippen molar-refractivity contribution in [2.24, 2.45) is 0 Å². The normalized spacial score (nSPS) is 10.2. The van der Waals surface area contributed by atoms with Gasteiger partial charge in [-0.15, -0.1) is 11.3 Å². The van der Waals surface area contributed by atoms with Crippen LogP contribution in [-0.2, 0) is 11.2 Å². The number of thiazole rings is 1. The Balaban J connectivity index is 1.79. The molecule has 1 aromatic carbocycles. The summed E-state index contributed by atoms with van der Waals surface area (Å²) in [6.07, 6.45) is 1.86. The largest absolute Gasteiger partial charge is 0.497 e. The Bertz CT molecular complexity index is 700. The van der Waals surface area contributed by atoms with Gasteiger partial charge in [0.05, 0.1) is 12.8 Å². The van der Waals surface area contributed by atoms with Crippen LogP contribution < -0.4 is 20.7 Å². The van der Waals surface area contributed by atoms with Crippen molar-refractivity contribution in [2.75, 3.05) is 24.3 Å². The molecule has 0 fully saturated rings. The van der Waals surface area contributed by atoms with Gasteiger partial charge in [-0.2, -0.15) is 0 Å². The Morgan fingerprint density at radius 2 is 1.96 bits per heavy atom. The van der Waals surface area contributed by atoms with E-state index in [4.69, 9.17) is 4.74 Å². The first-order valence-corrected chi connectivity index (χ1v) is 8.92. The van der Waals surface area contributed by atoms with Crippen molar-refractivity contribution in [3.8, 4) is 5.75 Å². The summed E-state index contributed by atoms with van der Waals surface area (Å²) < 4.78 is 5.07. The number of anilines is 2. The van der Waals surface area contributed by atoms with E-state index in [1.165, 1.54) is 11.3 Å². The van der Waals surface area contributed by atoms with Crippen molar-refractivity contribution in [1.29, 1.82) is 0 Å². The summed E-state index contributed by atoms with van der Waals surface area (Å²) in [5.41, 5.74) is 1.44. The lowest BCUT2D eigenvalue weighted by molar-refractivity contribution is -0.121. The minimum absolute atomic E-state index is 0.0154. The van der Waals surface area contributed by atoms with E-state index in [1.54, 1.807) is 31.4 Å². The molecule has 0 unspecified atom stereocenters. The summed E-state index contributed by atoms with van der Waals surface area (Å²) in [6, 6.07) is 6.66. The van der Waals surface area contributed by atoms with Crippen molar-refractivity contribution in [3.63, 3.8) is 0 Å². The molecule has 0 radical (unpaired) electrons. The number of nitrogens with zero attached hydrogens (tertiary/aromatic N) is 1. The van der Waals surface area contributed by atoms with Crippen LogP contribution in [0.1, 0.15) is 25.5 Å². The van der Waals surface area contributed by atoms with Crippen LogP contribution in [0.2, 0.25) is 0 Å². The fourth-order valence-electron chi connectivity index (χ4n) is 2.01. The molecule has 0 saturated carbocycles. The third-order valence-corrected chi connectivity index (χ3v) is 4.11. The molecule has 1 heterocycles. The molecular formula is C17H22N4O3S. The fraction of sp³-hybridized carbons (Fsp3) is 0.353. The molecule has 0 atom stereocenters. The van der Waals surface area contributed by atoms with E-state index >= 15 is 0 Å². The molecule has 134 valence electrons. The first-order chi connectivity index (χ1) is 12.1. The number of rotatable bonds is 8. The van der Waals surface area contributed by atoms with Crippen LogP contribution in [0, 0.1) is 0 Å². The number of methoxy groups -OCH3 is 1. The van der Waals surface area contributed by atoms with Crippen LogP contribution in [0.4, 0.5) is 15.6 Å². The number of nitrogens with one attached hydrogen (secondary N) is 3. The molecule has 8 heteroatoms. The molecule has 0 bridgehead atoms. The number of hydrogen-bond donors (Lipinski definition) is 3. The number of ether oxygens (including phenoxy) is 1.